The number of para-hydroxylation sites is 2. The van der Waals surface area contributed by atoms with Crippen LogP contribution in [0.2, 0.25) is 0 Å². The van der Waals surface area contributed by atoms with E-state index in [2.05, 4.69) is 64.1 Å². The van der Waals surface area contributed by atoms with Gasteiger partial charge in [0, 0.05) is 0 Å². The Morgan fingerprint density at radius 2 is 1.27 bits per heavy atom. The van der Waals surface area contributed by atoms with Crippen molar-refractivity contribution in [3.63, 3.8) is 0 Å². The zero-order chi connectivity index (χ0) is 21.7. The minimum Gasteiger partial charge on any atom is -0.251 e. The average Bonchev–Trinajstić information content (AvgIpc) is 2.74. The van der Waals surface area contributed by atoms with Gasteiger partial charge >= 0.3 is 0 Å². The van der Waals surface area contributed by atoms with Crippen molar-refractivity contribution in [2.24, 2.45) is 9.98 Å². The number of aromatic nitrogens is 1. The van der Waals surface area contributed by atoms with E-state index in [1.807, 2.05) is 44.2 Å². The molecule has 1 heterocycles. The lowest BCUT2D eigenvalue weighted by Crippen LogP contribution is -2.11. The van der Waals surface area contributed by atoms with E-state index in [4.69, 9.17) is 15.0 Å². The highest BCUT2D eigenvalue weighted by Gasteiger charge is 2.17. The molecule has 0 aliphatic heterocycles. The highest BCUT2D eigenvalue weighted by molar-refractivity contribution is 6.02. The molecule has 0 spiro atoms. The van der Waals surface area contributed by atoms with Crippen molar-refractivity contribution in [3.8, 4) is 0 Å². The maximum atomic E-state index is 4.92. The summed E-state index contributed by atoms with van der Waals surface area (Å²) in [5.41, 5.74) is 8.05. The number of benzene rings is 2. The summed E-state index contributed by atoms with van der Waals surface area (Å²) in [6.07, 6.45) is 0.958. The molecule has 0 unspecified atom stereocenters. The molecule has 0 N–H and O–H groups in total. The van der Waals surface area contributed by atoms with Gasteiger partial charge in [-0.15, -0.1) is 0 Å². The normalized spacial score (nSPS) is 12.9. The first-order valence-electron chi connectivity index (χ1n) is 10.6. The van der Waals surface area contributed by atoms with E-state index in [-0.39, 0.29) is 5.41 Å². The standard InChI is InChI=1S/C27H31N3/c1-7-21-13-8-10-15-25(21)28-19(2)23-17-12-18-24(30-23)20(3)29-26-16-11-9-14-22(26)27(4,5)6/h8-18H,7H2,1-6H3. The molecule has 1 aromatic heterocycles. The molecule has 3 aromatic rings. The Morgan fingerprint density at radius 1 is 0.733 bits per heavy atom. The van der Waals surface area contributed by atoms with Crippen LogP contribution in [0.5, 0.6) is 0 Å². The number of aliphatic imine (C=N–C) groups is 2. The SMILES string of the molecule is CCc1ccccc1N=C(C)c1cccc(C(C)=Nc2ccccc2C(C)(C)C)n1. The van der Waals surface area contributed by atoms with Crippen LogP contribution in [0.4, 0.5) is 11.4 Å². The largest absolute Gasteiger partial charge is 0.251 e. The fourth-order valence-corrected chi connectivity index (χ4v) is 3.44. The van der Waals surface area contributed by atoms with Crippen LogP contribution in [0.15, 0.2) is 76.7 Å². The Labute approximate surface area is 180 Å². The molecular formula is C27H31N3. The molecule has 154 valence electrons. The van der Waals surface area contributed by atoms with Gasteiger partial charge in [-0.2, -0.15) is 0 Å². The van der Waals surface area contributed by atoms with Crippen LogP contribution in [-0.2, 0) is 11.8 Å². The van der Waals surface area contributed by atoms with Crippen molar-refractivity contribution < 1.29 is 0 Å². The molecule has 3 nitrogen and oxygen atoms in total. The first kappa shape index (κ1) is 21.6. The van der Waals surface area contributed by atoms with Gasteiger partial charge in [-0.1, -0.05) is 70.2 Å². The lowest BCUT2D eigenvalue weighted by atomic mass is 9.86. The Morgan fingerprint density at radius 3 is 1.87 bits per heavy atom. The highest BCUT2D eigenvalue weighted by atomic mass is 14.8. The predicted octanol–water partition coefficient (Wildman–Crippen LogP) is 7.22. The average molecular weight is 398 g/mol. The fraction of sp³-hybridized carbons (Fsp3) is 0.296. The fourth-order valence-electron chi connectivity index (χ4n) is 3.44. The molecule has 3 heteroatoms. The summed E-state index contributed by atoms with van der Waals surface area (Å²) >= 11 is 0. The van der Waals surface area contributed by atoms with E-state index in [9.17, 15) is 0 Å². The van der Waals surface area contributed by atoms with E-state index in [0.717, 1.165) is 40.6 Å². The first-order chi connectivity index (χ1) is 14.3. The topological polar surface area (TPSA) is 37.6 Å². The summed E-state index contributed by atoms with van der Waals surface area (Å²) in [5.74, 6) is 0. The maximum absolute atomic E-state index is 4.92. The summed E-state index contributed by atoms with van der Waals surface area (Å²) in [4.78, 5) is 14.6. The van der Waals surface area contributed by atoms with Gasteiger partial charge in [-0.25, -0.2) is 4.98 Å². The van der Waals surface area contributed by atoms with Crippen LogP contribution in [-0.4, -0.2) is 16.4 Å². The smallest absolute Gasteiger partial charge is 0.0849 e. The molecule has 3 rings (SSSR count). The van der Waals surface area contributed by atoms with Crippen molar-refractivity contribution >= 4 is 22.8 Å². The quantitative estimate of drug-likeness (QED) is 0.419. The summed E-state index contributed by atoms with van der Waals surface area (Å²) in [5, 5.41) is 0. The molecule has 0 fully saturated rings. The van der Waals surface area contributed by atoms with Crippen LogP contribution in [0.25, 0.3) is 0 Å². The van der Waals surface area contributed by atoms with E-state index >= 15 is 0 Å². The van der Waals surface area contributed by atoms with Crippen LogP contribution in [0.3, 0.4) is 0 Å². The van der Waals surface area contributed by atoms with E-state index in [1.165, 1.54) is 11.1 Å². The van der Waals surface area contributed by atoms with Crippen LogP contribution >= 0.6 is 0 Å². The molecule has 0 saturated heterocycles. The van der Waals surface area contributed by atoms with Gasteiger partial charge in [-0.05, 0) is 61.1 Å². The van der Waals surface area contributed by atoms with Crippen molar-refractivity contribution in [2.75, 3.05) is 0 Å². The van der Waals surface area contributed by atoms with Gasteiger partial charge in [0.05, 0.1) is 34.2 Å². The maximum Gasteiger partial charge on any atom is 0.0849 e. The highest BCUT2D eigenvalue weighted by Crippen LogP contribution is 2.31. The Bertz CT molecular complexity index is 1090. The van der Waals surface area contributed by atoms with Gasteiger partial charge in [0.15, 0.2) is 0 Å². The number of aryl methyl sites for hydroxylation is 1. The third kappa shape index (κ3) is 5.10. The van der Waals surface area contributed by atoms with E-state index < -0.39 is 0 Å². The Balaban J connectivity index is 1.96. The van der Waals surface area contributed by atoms with Crippen molar-refractivity contribution in [3.05, 3.63) is 89.2 Å². The number of hydrogen-bond donors (Lipinski definition) is 0. The number of nitrogens with zero attached hydrogens (tertiary/aromatic N) is 3. The molecule has 0 saturated carbocycles. The van der Waals surface area contributed by atoms with Crippen molar-refractivity contribution in [1.82, 2.24) is 4.98 Å². The Hall–Kier alpha value is -3.07. The molecule has 0 atom stereocenters. The van der Waals surface area contributed by atoms with Crippen LogP contribution in [0, 0.1) is 0 Å². The monoisotopic (exact) mass is 397 g/mol. The lowest BCUT2D eigenvalue weighted by molar-refractivity contribution is 0.591. The van der Waals surface area contributed by atoms with Gasteiger partial charge in [0.1, 0.15) is 0 Å². The molecular weight excluding hydrogens is 366 g/mol. The number of hydrogen-bond acceptors (Lipinski definition) is 3. The van der Waals surface area contributed by atoms with Crippen molar-refractivity contribution in [2.45, 2.75) is 53.4 Å². The second-order valence-electron chi connectivity index (χ2n) is 8.55. The van der Waals surface area contributed by atoms with Gasteiger partial charge in [0.2, 0.25) is 0 Å². The molecule has 0 aliphatic rings. The molecule has 2 aromatic carbocycles. The molecule has 0 radical (unpaired) electrons. The molecule has 0 bridgehead atoms. The van der Waals surface area contributed by atoms with Crippen LogP contribution in [0.1, 0.15) is 64.1 Å². The van der Waals surface area contributed by atoms with E-state index in [0.29, 0.717) is 0 Å². The second-order valence-corrected chi connectivity index (χ2v) is 8.55. The van der Waals surface area contributed by atoms with E-state index in [1.54, 1.807) is 0 Å². The zero-order valence-electron chi connectivity index (χ0n) is 18.9. The minimum absolute atomic E-state index is 0.0333. The van der Waals surface area contributed by atoms with Gasteiger partial charge in [-0.3, -0.25) is 9.98 Å². The first-order valence-corrected chi connectivity index (χ1v) is 10.6. The number of pyridine rings is 1. The summed E-state index contributed by atoms with van der Waals surface area (Å²) in [6, 6.07) is 22.6. The van der Waals surface area contributed by atoms with Crippen LogP contribution < -0.4 is 0 Å². The number of rotatable bonds is 5. The summed E-state index contributed by atoms with van der Waals surface area (Å²) in [7, 11) is 0. The van der Waals surface area contributed by atoms with Crippen molar-refractivity contribution in [1.29, 1.82) is 0 Å². The summed E-state index contributed by atoms with van der Waals surface area (Å²) in [6.45, 7) is 12.8. The minimum atomic E-state index is 0.0333. The third-order valence-corrected chi connectivity index (χ3v) is 5.15. The van der Waals surface area contributed by atoms with Gasteiger partial charge in [0.25, 0.3) is 0 Å². The predicted molar refractivity (Wildman–Crippen MR) is 129 cm³/mol. The zero-order valence-corrected chi connectivity index (χ0v) is 18.9. The second kappa shape index (κ2) is 9.17. The Kier molecular flexibility index (Phi) is 6.61. The molecule has 30 heavy (non-hydrogen) atoms. The molecule has 0 aliphatic carbocycles. The molecule has 0 amide bonds. The lowest BCUT2D eigenvalue weighted by Gasteiger charge is -2.21. The summed E-state index contributed by atoms with van der Waals surface area (Å²) < 4.78 is 0. The van der Waals surface area contributed by atoms with Gasteiger partial charge < -0.3 is 0 Å². The third-order valence-electron chi connectivity index (χ3n) is 5.15.